The van der Waals surface area contributed by atoms with Gasteiger partial charge < -0.3 is 9.84 Å². The molecule has 2 heteroatoms. The Hall–Kier alpha value is -1.02. The van der Waals surface area contributed by atoms with Gasteiger partial charge in [0.25, 0.3) is 0 Å². The second-order valence-corrected chi connectivity index (χ2v) is 6.15. The van der Waals surface area contributed by atoms with Crippen molar-refractivity contribution in [2.45, 2.75) is 51.7 Å². The highest BCUT2D eigenvalue weighted by molar-refractivity contribution is 5.41. The number of aryl methyl sites for hydroxylation is 1. The van der Waals surface area contributed by atoms with Gasteiger partial charge in [0.1, 0.15) is 11.4 Å². The zero-order valence-corrected chi connectivity index (χ0v) is 10.8. The monoisotopic (exact) mass is 232 g/mol. The number of hydrogen-bond donors (Lipinski definition) is 1. The van der Waals surface area contributed by atoms with E-state index in [4.69, 9.17) is 4.74 Å². The van der Waals surface area contributed by atoms with Crippen molar-refractivity contribution in [3.63, 3.8) is 0 Å². The van der Waals surface area contributed by atoms with E-state index in [1.165, 1.54) is 18.4 Å². The SMILES string of the molecule is Cc1ccc2c(c1)C(O)CC(C)(C1(C)CC1)O2. The van der Waals surface area contributed by atoms with Crippen molar-refractivity contribution >= 4 is 0 Å². The van der Waals surface area contributed by atoms with Crippen LogP contribution in [-0.4, -0.2) is 10.7 Å². The summed E-state index contributed by atoms with van der Waals surface area (Å²) in [4.78, 5) is 0. The fraction of sp³-hybridized carbons (Fsp3) is 0.600. The van der Waals surface area contributed by atoms with E-state index in [9.17, 15) is 5.11 Å². The van der Waals surface area contributed by atoms with Gasteiger partial charge in [0.15, 0.2) is 0 Å². The lowest BCUT2D eigenvalue weighted by molar-refractivity contribution is -0.0472. The molecule has 2 nitrogen and oxygen atoms in total. The van der Waals surface area contributed by atoms with Crippen LogP contribution < -0.4 is 4.74 Å². The van der Waals surface area contributed by atoms with E-state index in [1.54, 1.807) is 0 Å². The third-order valence-electron chi connectivity index (χ3n) is 4.72. The normalized spacial score (nSPS) is 33.8. The van der Waals surface area contributed by atoms with Gasteiger partial charge in [-0.2, -0.15) is 0 Å². The fourth-order valence-corrected chi connectivity index (χ4v) is 2.87. The minimum Gasteiger partial charge on any atom is -0.487 e. The molecule has 0 saturated heterocycles. The molecule has 1 heterocycles. The quantitative estimate of drug-likeness (QED) is 0.804. The van der Waals surface area contributed by atoms with E-state index in [-0.39, 0.29) is 17.1 Å². The first kappa shape index (κ1) is 11.1. The predicted molar refractivity (Wildman–Crippen MR) is 67.1 cm³/mol. The van der Waals surface area contributed by atoms with Crippen LogP contribution in [0.25, 0.3) is 0 Å². The van der Waals surface area contributed by atoms with E-state index < -0.39 is 0 Å². The Kier molecular flexibility index (Phi) is 2.13. The average molecular weight is 232 g/mol. The molecule has 2 atom stereocenters. The molecule has 0 spiro atoms. The van der Waals surface area contributed by atoms with Crippen molar-refractivity contribution in [3.05, 3.63) is 29.3 Å². The highest BCUT2D eigenvalue weighted by Crippen LogP contribution is 2.59. The van der Waals surface area contributed by atoms with Gasteiger partial charge in [0.05, 0.1) is 6.10 Å². The summed E-state index contributed by atoms with van der Waals surface area (Å²) in [7, 11) is 0. The first-order chi connectivity index (χ1) is 7.94. The molecule has 1 N–H and O–H groups in total. The molecule has 1 fully saturated rings. The van der Waals surface area contributed by atoms with Crippen molar-refractivity contribution < 1.29 is 9.84 Å². The third kappa shape index (κ3) is 1.58. The second-order valence-electron chi connectivity index (χ2n) is 6.15. The van der Waals surface area contributed by atoms with Crippen LogP contribution in [0, 0.1) is 12.3 Å². The average Bonchev–Trinajstić information content (AvgIpc) is 3.00. The van der Waals surface area contributed by atoms with Gasteiger partial charge in [-0.15, -0.1) is 0 Å². The number of aliphatic hydroxyl groups is 1. The maximum absolute atomic E-state index is 10.3. The van der Waals surface area contributed by atoms with E-state index >= 15 is 0 Å². The predicted octanol–water partition coefficient (Wildman–Crippen LogP) is 3.37. The summed E-state index contributed by atoms with van der Waals surface area (Å²) in [6.07, 6.45) is 2.73. The van der Waals surface area contributed by atoms with Crippen molar-refractivity contribution in [1.29, 1.82) is 0 Å². The number of aliphatic hydroxyl groups excluding tert-OH is 1. The fourth-order valence-electron chi connectivity index (χ4n) is 2.87. The summed E-state index contributed by atoms with van der Waals surface area (Å²) in [5.74, 6) is 0.866. The smallest absolute Gasteiger partial charge is 0.125 e. The summed E-state index contributed by atoms with van der Waals surface area (Å²) < 4.78 is 6.21. The molecule has 2 aliphatic rings. The molecule has 0 aromatic heterocycles. The number of rotatable bonds is 1. The number of ether oxygens (including phenoxy) is 1. The van der Waals surface area contributed by atoms with Gasteiger partial charge in [-0.25, -0.2) is 0 Å². The highest BCUT2D eigenvalue weighted by Gasteiger charge is 2.57. The largest absolute Gasteiger partial charge is 0.487 e. The highest BCUT2D eigenvalue weighted by atomic mass is 16.5. The molecule has 1 aliphatic heterocycles. The lowest BCUT2D eigenvalue weighted by atomic mass is 9.79. The maximum atomic E-state index is 10.3. The van der Waals surface area contributed by atoms with E-state index in [1.807, 2.05) is 25.1 Å². The second kappa shape index (κ2) is 3.26. The van der Waals surface area contributed by atoms with Crippen LogP contribution in [0.15, 0.2) is 18.2 Å². The van der Waals surface area contributed by atoms with Crippen molar-refractivity contribution in [3.8, 4) is 5.75 Å². The van der Waals surface area contributed by atoms with Gasteiger partial charge in [0.2, 0.25) is 0 Å². The summed E-state index contributed by atoms with van der Waals surface area (Å²) in [5.41, 5.74) is 2.16. The van der Waals surface area contributed by atoms with Gasteiger partial charge in [-0.1, -0.05) is 18.6 Å². The molecular weight excluding hydrogens is 212 g/mol. The van der Waals surface area contributed by atoms with Gasteiger partial charge in [-0.05, 0) is 38.8 Å². The lowest BCUT2D eigenvalue weighted by Crippen LogP contribution is -2.45. The van der Waals surface area contributed by atoms with Crippen LogP contribution in [0.2, 0.25) is 0 Å². The molecule has 1 aromatic rings. The van der Waals surface area contributed by atoms with Crippen LogP contribution in [0.5, 0.6) is 5.75 Å². The summed E-state index contributed by atoms with van der Waals surface area (Å²) in [6.45, 7) is 6.45. The first-order valence-corrected chi connectivity index (χ1v) is 6.41. The topological polar surface area (TPSA) is 29.5 Å². The Balaban J connectivity index is 2.01. The van der Waals surface area contributed by atoms with Crippen LogP contribution in [0.4, 0.5) is 0 Å². The molecule has 1 aromatic carbocycles. The van der Waals surface area contributed by atoms with E-state index in [2.05, 4.69) is 13.8 Å². The molecule has 92 valence electrons. The van der Waals surface area contributed by atoms with Gasteiger partial charge in [-0.3, -0.25) is 0 Å². The van der Waals surface area contributed by atoms with Gasteiger partial charge in [0, 0.05) is 17.4 Å². The van der Waals surface area contributed by atoms with Crippen LogP contribution in [0.3, 0.4) is 0 Å². The lowest BCUT2D eigenvalue weighted by Gasteiger charge is -2.42. The first-order valence-electron chi connectivity index (χ1n) is 6.41. The van der Waals surface area contributed by atoms with E-state index in [0.29, 0.717) is 6.42 Å². The molecule has 0 radical (unpaired) electrons. The van der Waals surface area contributed by atoms with Crippen molar-refractivity contribution in [2.24, 2.45) is 5.41 Å². The molecule has 1 saturated carbocycles. The van der Waals surface area contributed by atoms with E-state index in [0.717, 1.165) is 11.3 Å². The summed E-state index contributed by atoms with van der Waals surface area (Å²) in [6, 6.07) is 6.08. The molecule has 0 bridgehead atoms. The molecule has 0 amide bonds. The molecular formula is C15H20O2. The molecule has 3 rings (SSSR count). The Morgan fingerprint density at radius 1 is 1.29 bits per heavy atom. The standard InChI is InChI=1S/C15H20O2/c1-10-4-5-13-11(8-10)12(16)9-15(3,17-13)14(2)6-7-14/h4-5,8,12,16H,6-7,9H2,1-3H3. The van der Waals surface area contributed by atoms with Crippen LogP contribution in [0.1, 0.15) is 50.3 Å². The zero-order valence-electron chi connectivity index (χ0n) is 10.8. The maximum Gasteiger partial charge on any atom is 0.125 e. The minimum absolute atomic E-state index is 0.214. The molecule has 2 unspecified atom stereocenters. The Morgan fingerprint density at radius 3 is 2.65 bits per heavy atom. The number of benzene rings is 1. The minimum atomic E-state index is -0.388. The van der Waals surface area contributed by atoms with Gasteiger partial charge >= 0.3 is 0 Å². The van der Waals surface area contributed by atoms with Crippen LogP contribution >= 0.6 is 0 Å². The molecule has 1 aliphatic carbocycles. The number of hydrogen-bond acceptors (Lipinski definition) is 2. The zero-order chi connectivity index (χ0) is 12.3. The Bertz CT molecular complexity index is 462. The van der Waals surface area contributed by atoms with Crippen molar-refractivity contribution in [2.75, 3.05) is 0 Å². The third-order valence-corrected chi connectivity index (χ3v) is 4.72. The molecule has 17 heavy (non-hydrogen) atoms. The number of fused-ring (bicyclic) bond motifs is 1. The Labute approximate surface area is 103 Å². The van der Waals surface area contributed by atoms with Crippen molar-refractivity contribution in [1.82, 2.24) is 0 Å². The van der Waals surface area contributed by atoms with Crippen LogP contribution in [-0.2, 0) is 0 Å². The summed E-state index contributed by atoms with van der Waals surface area (Å²) in [5, 5.41) is 10.3. The summed E-state index contributed by atoms with van der Waals surface area (Å²) >= 11 is 0. The Morgan fingerprint density at radius 2 is 2.00 bits per heavy atom.